The molecule has 120 valence electrons. The standard InChI is InChI=1S/C10H20.C9H19N/c1-8(2)10-7-5-4-6-9(10)3;1-7(2)8-5-3-4-6-9(8)10/h8-10H,4-7H2,1-3H3;7-9H,3-6,10H2,1-2H3/t9-,10-;/m0./s1. The molecule has 2 saturated carbocycles. The van der Waals surface area contributed by atoms with Gasteiger partial charge in [0.2, 0.25) is 0 Å². The second kappa shape index (κ2) is 9.07. The van der Waals surface area contributed by atoms with E-state index >= 15 is 0 Å². The van der Waals surface area contributed by atoms with Gasteiger partial charge in [0.25, 0.3) is 0 Å². The van der Waals surface area contributed by atoms with Crippen LogP contribution in [0.5, 0.6) is 0 Å². The lowest BCUT2D eigenvalue weighted by atomic mass is 9.75. The van der Waals surface area contributed by atoms with Gasteiger partial charge in [-0.25, -0.2) is 0 Å². The van der Waals surface area contributed by atoms with E-state index in [4.69, 9.17) is 5.73 Å². The van der Waals surface area contributed by atoms with Gasteiger partial charge in [-0.05, 0) is 48.9 Å². The van der Waals surface area contributed by atoms with Crippen LogP contribution in [0.4, 0.5) is 0 Å². The lowest BCUT2D eigenvalue weighted by Gasteiger charge is -2.31. The van der Waals surface area contributed by atoms with Crippen molar-refractivity contribution in [2.24, 2.45) is 35.3 Å². The maximum absolute atomic E-state index is 5.98. The molecular weight excluding hydrogens is 242 g/mol. The van der Waals surface area contributed by atoms with Crippen molar-refractivity contribution in [2.75, 3.05) is 0 Å². The molecule has 1 heteroatoms. The summed E-state index contributed by atoms with van der Waals surface area (Å²) >= 11 is 0. The van der Waals surface area contributed by atoms with Gasteiger partial charge in [0.1, 0.15) is 0 Å². The van der Waals surface area contributed by atoms with Crippen molar-refractivity contribution in [3.63, 3.8) is 0 Å². The average molecular weight is 282 g/mol. The number of rotatable bonds is 2. The van der Waals surface area contributed by atoms with Crippen molar-refractivity contribution >= 4 is 0 Å². The molecule has 2 aliphatic carbocycles. The van der Waals surface area contributed by atoms with Crippen LogP contribution in [0, 0.1) is 29.6 Å². The Bertz CT molecular complexity index is 220. The van der Waals surface area contributed by atoms with Crippen LogP contribution in [0.15, 0.2) is 0 Å². The second-order valence-electron chi connectivity index (χ2n) is 8.03. The Hall–Kier alpha value is -0.0400. The fourth-order valence-electron chi connectivity index (χ4n) is 4.35. The van der Waals surface area contributed by atoms with Crippen molar-refractivity contribution < 1.29 is 0 Å². The Kier molecular flexibility index (Phi) is 8.17. The van der Waals surface area contributed by atoms with Crippen LogP contribution in [0.3, 0.4) is 0 Å². The summed E-state index contributed by atoms with van der Waals surface area (Å²) in [6.07, 6.45) is 11.3. The fourth-order valence-corrected chi connectivity index (χ4v) is 4.35. The van der Waals surface area contributed by atoms with Crippen LogP contribution in [-0.2, 0) is 0 Å². The molecule has 0 aromatic rings. The monoisotopic (exact) mass is 281 g/mol. The van der Waals surface area contributed by atoms with Crippen molar-refractivity contribution in [1.82, 2.24) is 0 Å². The highest BCUT2D eigenvalue weighted by Crippen LogP contribution is 2.34. The van der Waals surface area contributed by atoms with Crippen LogP contribution in [-0.4, -0.2) is 6.04 Å². The van der Waals surface area contributed by atoms with Gasteiger partial charge in [0.15, 0.2) is 0 Å². The molecule has 2 aliphatic rings. The maximum atomic E-state index is 5.98. The average Bonchev–Trinajstić information content (AvgIpc) is 2.40. The van der Waals surface area contributed by atoms with E-state index in [0.717, 1.165) is 29.6 Å². The van der Waals surface area contributed by atoms with Crippen LogP contribution >= 0.6 is 0 Å². The first-order valence-corrected chi connectivity index (χ1v) is 9.19. The number of hydrogen-bond donors (Lipinski definition) is 1. The minimum atomic E-state index is 0.494. The number of hydrogen-bond acceptors (Lipinski definition) is 1. The minimum absolute atomic E-state index is 0.494. The molecule has 0 aliphatic heterocycles. The molecule has 0 aromatic carbocycles. The summed E-state index contributed by atoms with van der Waals surface area (Å²) in [7, 11) is 0. The predicted molar refractivity (Wildman–Crippen MR) is 90.7 cm³/mol. The van der Waals surface area contributed by atoms with Crippen molar-refractivity contribution in [2.45, 2.75) is 92.0 Å². The van der Waals surface area contributed by atoms with E-state index in [-0.39, 0.29) is 0 Å². The SMILES string of the molecule is CC(C)C1CCCCC1N.CC(C)[C@@H]1CCCC[C@@H]1C. The van der Waals surface area contributed by atoms with Gasteiger partial charge in [-0.3, -0.25) is 0 Å². The molecule has 1 nitrogen and oxygen atoms in total. The minimum Gasteiger partial charge on any atom is -0.327 e. The third-order valence-electron chi connectivity index (χ3n) is 5.77. The summed E-state index contributed by atoms with van der Waals surface area (Å²) in [4.78, 5) is 0. The van der Waals surface area contributed by atoms with Crippen molar-refractivity contribution in [3.8, 4) is 0 Å². The largest absolute Gasteiger partial charge is 0.327 e. The zero-order valence-corrected chi connectivity index (χ0v) is 14.7. The Morgan fingerprint density at radius 3 is 1.50 bits per heavy atom. The number of nitrogens with two attached hydrogens (primary N) is 1. The molecule has 0 aromatic heterocycles. The molecule has 20 heavy (non-hydrogen) atoms. The van der Waals surface area contributed by atoms with Crippen molar-refractivity contribution in [1.29, 1.82) is 0 Å². The Balaban J connectivity index is 0.000000200. The molecule has 2 rings (SSSR count). The maximum Gasteiger partial charge on any atom is 0.00696 e. The smallest absolute Gasteiger partial charge is 0.00696 e. The summed E-state index contributed by atoms with van der Waals surface area (Å²) < 4.78 is 0. The van der Waals surface area contributed by atoms with E-state index in [1.54, 1.807) is 0 Å². The first kappa shape index (κ1) is 18.0. The van der Waals surface area contributed by atoms with Crippen molar-refractivity contribution in [3.05, 3.63) is 0 Å². The highest BCUT2D eigenvalue weighted by atomic mass is 14.7. The third kappa shape index (κ3) is 5.76. The lowest BCUT2D eigenvalue weighted by Crippen LogP contribution is -2.35. The van der Waals surface area contributed by atoms with Gasteiger partial charge in [0.05, 0.1) is 0 Å². The zero-order chi connectivity index (χ0) is 15.1. The van der Waals surface area contributed by atoms with E-state index in [1.165, 1.54) is 51.4 Å². The zero-order valence-electron chi connectivity index (χ0n) is 14.7. The van der Waals surface area contributed by atoms with Gasteiger partial charge in [-0.15, -0.1) is 0 Å². The highest BCUT2D eigenvalue weighted by molar-refractivity contribution is 4.79. The van der Waals surface area contributed by atoms with Gasteiger partial charge < -0.3 is 5.73 Å². The Labute approximate surface area is 128 Å². The molecular formula is C19H39N. The fraction of sp³-hybridized carbons (Fsp3) is 1.00. The van der Waals surface area contributed by atoms with Crippen LogP contribution in [0.25, 0.3) is 0 Å². The van der Waals surface area contributed by atoms with Gasteiger partial charge in [-0.1, -0.05) is 66.7 Å². The predicted octanol–water partition coefficient (Wildman–Crippen LogP) is 5.63. The third-order valence-corrected chi connectivity index (χ3v) is 5.77. The summed E-state index contributed by atoms with van der Waals surface area (Å²) in [6.45, 7) is 11.7. The molecule has 0 bridgehead atoms. The molecule has 2 fully saturated rings. The first-order chi connectivity index (χ1) is 9.43. The molecule has 0 saturated heterocycles. The summed E-state index contributed by atoms with van der Waals surface area (Å²) in [5, 5.41) is 0. The van der Waals surface area contributed by atoms with Gasteiger partial charge in [0, 0.05) is 6.04 Å². The molecule has 0 spiro atoms. The quantitative estimate of drug-likeness (QED) is 0.697. The second-order valence-corrected chi connectivity index (χ2v) is 8.03. The summed E-state index contributed by atoms with van der Waals surface area (Å²) in [5.41, 5.74) is 5.98. The van der Waals surface area contributed by atoms with Gasteiger partial charge >= 0.3 is 0 Å². The molecule has 0 radical (unpaired) electrons. The van der Waals surface area contributed by atoms with E-state index in [1.807, 2.05) is 0 Å². The molecule has 0 heterocycles. The van der Waals surface area contributed by atoms with E-state index in [2.05, 4.69) is 34.6 Å². The van der Waals surface area contributed by atoms with Gasteiger partial charge in [-0.2, -0.15) is 0 Å². The van der Waals surface area contributed by atoms with Crippen LogP contribution in [0.1, 0.15) is 86.0 Å². The lowest BCUT2D eigenvalue weighted by molar-refractivity contribution is 0.196. The van der Waals surface area contributed by atoms with Crippen LogP contribution in [0.2, 0.25) is 0 Å². The van der Waals surface area contributed by atoms with E-state index < -0.39 is 0 Å². The molecule has 2 unspecified atom stereocenters. The van der Waals surface area contributed by atoms with Crippen LogP contribution < -0.4 is 5.73 Å². The van der Waals surface area contributed by atoms with E-state index in [9.17, 15) is 0 Å². The first-order valence-electron chi connectivity index (χ1n) is 9.19. The molecule has 4 atom stereocenters. The topological polar surface area (TPSA) is 26.0 Å². The Morgan fingerprint density at radius 2 is 1.15 bits per heavy atom. The molecule has 2 N–H and O–H groups in total. The highest BCUT2D eigenvalue weighted by Gasteiger charge is 2.24. The van der Waals surface area contributed by atoms with E-state index in [0.29, 0.717) is 6.04 Å². The molecule has 0 amide bonds. The summed E-state index contributed by atoms with van der Waals surface area (Å²) in [5.74, 6) is 4.52. The normalized spacial score (nSPS) is 34.8. The summed E-state index contributed by atoms with van der Waals surface area (Å²) in [6, 6.07) is 0.494. The Morgan fingerprint density at radius 1 is 0.700 bits per heavy atom.